The average Bonchev–Trinajstić information content (AvgIpc) is 2.69. The highest BCUT2D eigenvalue weighted by Crippen LogP contribution is 2.19. The predicted octanol–water partition coefficient (Wildman–Crippen LogP) is 3.04. The van der Waals surface area contributed by atoms with Gasteiger partial charge in [-0.1, -0.05) is 27.2 Å². The molecule has 4 nitrogen and oxygen atoms in total. The summed E-state index contributed by atoms with van der Waals surface area (Å²) in [6.07, 6.45) is 2.09. The quantitative estimate of drug-likeness (QED) is 0.849. The van der Waals surface area contributed by atoms with E-state index in [0.29, 0.717) is 5.92 Å². The second-order valence-electron chi connectivity index (χ2n) is 4.95. The van der Waals surface area contributed by atoms with Crippen molar-refractivity contribution in [2.45, 2.75) is 40.2 Å². The monoisotopic (exact) mass is 252 g/mol. The minimum Gasteiger partial charge on any atom is -0.328 e. The minimum absolute atomic E-state index is 0.574. The molecule has 0 aliphatic carbocycles. The Morgan fingerprint density at radius 3 is 2.71 bits per heavy atom. The van der Waals surface area contributed by atoms with E-state index < -0.39 is 0 Å². The molecule has 0 fully saturated rings. The van der Waals surface area contributed by atoms with Crippen LogP contribution in [0.4, 0.5) is 0 Å². The molecule has 2 heterocycles. The molecule has 2 aromatic rings. The number of hydrogen-bond donors (Lipinski definition) is 1. The van der Waals surface area contributed by atoms with Gasteiger partial charge in [0.05, 0.1) is 5.69 Å². The molecule has 0 unspecified atom stereocenters. The summed E-state index contributed by atoms with van der Waals surface area (Å²) in [6.45, 7) is 7.50. The van der Waals surface area contributed by atoms with Gasteiger partial charge in [-0.05, 0) is 24.6 Å². The molecule has 0 aliphatic heterocycles. The molecule has 0 saturated carbocycles. The first kappa shape index (κ1) is 12.4. The maximum Gasteiger partial charge on any atom is 0.179 e. The maximum atomic E-state index is 5.39. The topological polar surface area (TPSA) is 38.5 Å². The van der Waals surface area contributed by atoms with Crippen LogP contribution in [0.1, 0.15) is 32.9 Å². The van der Waals surface area contributed by atoms with Gasteiger partial charge in [-0.15, -0.1) is 0 Å². The highest BCUT2D eigenvalue weighted by Gasteiger charge is 2.15. The molecule has 1 N–H and O–H groups in total. The Kier molecular flexibility index (Phi) is 3.38. The summed E-state index contributed by atoms with van der Waals surface area (Å²) in [5.41, 5.74) is 3.35. The molecule has 0 aromatic carbocycles. The number of H-pyrrole nitrogens is 1. The highest BCUT2D eigenvalue weighted by atomic mass is 32.1. The van der Waals surface area contributed by atoms with Crippen LogP contribution in [0.3, 0.4) is 0 Å². The molecular weight excluding hydrogens is 232 g/mol. The number of aromatic nitrogens is 4. The van der Waals surface area contributed by atoms with Crippen LogP contribution >= 0.6 is 12.2 Å². The Bertz CT molecular complexity index is 573. The van der Waals surface area contributed by atoms with Crippen molar-refractivity contribution in [3.05, 3.63) is 10.5 Å². The van der Waals surface area contributed by atoms with Crippen molar-refractivity contribution in [2.24, 2.45) is 13.0 Å². The first-order valence-electron chi connectivity index (χ1n) is 6.19. The molecule has 0 amide bonds. The van der Waals surface area contributed by atoms with Gasteiger partial charge in [0.25, 0.3) is 0 Å². The summed E-state index contributed by atoms with van der Waals surface area (Å²) >= 11 is 5.39. The highest BCUT2D eigenvalue weighted by molar-refractivity contribution is 7.71. The zero-order chi connectivity index (χ0) is 12.6. The van der Waals surface area contributed by atoms with Crippen LogP contribution in [-0.4, -0.2) is 19.3 Å². The van der Waals surface area contributed by atoms with Gasteiger partial charge in [0, 0.05) is 13.6 Å². The van der Waals surface area contributed by atoms with E-state index in [9.17, 15) is 0 Å². The molecule has 2 aromatic heterocycles. The second-order valence-corrected chi connectivity index (χ2v) is 5.34. The standard InChI is InChI=1S/C12H20N4S/c1-5-6-9-10-11(15(4)14-9)16(7-8(2)3)12(17)13-10/h8H,5-7H2,1-4H3,(H,13,17). The van der Waals surface area contributed by atoms with Crippen LogP contribution < -0.4 is 0 Å². The second kappa shape index (κ2) is 4.64. The molecule has 0 aliphatic rings. The van der Waals surface area contributed by atoms with E-state index in [-0.39, 0.29) is 0 Å². The largest absolute Gasteiger partial charge is 0.328 e. The van der Waals surface area contributed by atoms with Crippen LogP contribution in [0, 0.1) is 10.7 Å². The molecule has 2 rings (SSSR count). The molecule has 5 heteroatoms. The van der Waals surface area contributed by atoms with E-state index in [0.717, 1.165) is 41.0 Å². The van der Waals surface area contributed by atoms with Crippen LogP contribution in [-0.2, 0) is 20.0 Å². The maximum absolute atomic E-state index is 5.39. The van der Waals surface area contributed by atoms with Gasteiger partial charge in [-0.2, -0.15) is 5.10 Å². The number of nitrogens with one attached hydrogen (secondary N) is 1. The van der Waals surface area contributed by atoms with Gasteiger partial charge in [-0.3, -0.25) is 4.68 Å². The lowest BCUT2D eigenvalue weighted by Crippen LogP contribution is -2.07. The first-order valence-corrected chi connectivity index (χ1v) is 6.59. The summed E-state index contributed by atoms with van der Waals surface area (Å²) in [4.78, 5) is 3.30. The van der Waals surface area contributed by atoms with Gasteiger partial charge in [0.1, 0.15) is 5.52 Å². The van der Waals surface area contributed by atoms with Crippen molar-refractivity contribution >= 4 is 23.4 Å². The smallest absolute Gasteiger partial charge is 0.179 e. The molecule has 0 spiro atoms. The van der Waals surface area contributed by atoms with Gasteiger partial charge >= 0.3 is 0 Å². The van der Waals surface area contributed by atoms with Crippen molar-refractivity contribution in [3.63, 3.8) is 0 Å². The van der Waals surface area contributed by atoms with Crippen molar-refractivity contribution in [3.8, 4) is 0 Å². The fraction of sp³-hybridized carbons (Fsp3) is 0.667. The van der Waals surface area contributed by atoms with E-state index in [1.165, 1.54) is 0 Å². The number of hydrogen-bond acceptors (Lipinski definition) is 2. The molecule has 0 saturated heterocycles. The van der Waals surface area contributed by atoms with E-state index in [1.54, 1.807) is 0 Å². The fourth-order valence-corrected chi connectivity index (χ4v) is 2.49. The summed E-state index contributed by atoms with van der Waals surface area (Å²) < 4.78 is 4.90. The Hall–Kier alpha value is -1.10. The SMILES string of the molecule is CCCc1nn(C)c2c1[nH]c(=S)n2CC(C)C. The number of aryl methyl sites for hydroxylation is 2. The van der Waals surface area contributed by atoms with Crippen LogP contribution in [0.2, 0.25) is 0 Å². The molecule has 0 radical (unpaired) electrons. The lowest BCUT2D eigenvalue weighted by atomic mass is 10.2. The number of rotatable bonds is 4. The Morgan fingerprint density at radius 1 is 1.41 bits per heavy atom. The Labute approximate surface area is 107 Å². The summed E-state index contributed by atoms with van der Waals surface area (Å²) in [7, 11) is 1.99. The number of imidazole rings is 1. The molecule has 0 atom stereocenters. The van der Waals surface area contributed by atoms with Gasteiger partial charge in [0.2, 0.25) is 0 Å². The van der Waals surface area contributed by atoms with Crippen LogP contribution in [0.5, 0.6) is 0 Å². The van der Waals surface area contributed by atoms with E-state index in [2.05, 4.69) is 35.4 Å². The third-order valence-corrected chi connectivity index (χ3v) is 3.18. The molecule has 17 heavy (non-hydrogen) atoms. The Balaban J connectivity index is 2.61. The lowest BCUT2D eigenvalue weighted by Gasteiger charge is -2.07. The Morgan fingerprint density at radius 2 is 2.12 bits per heavy atom. The number of aromatic amines is 1. The van der Waals surface area contributed by atoms with Crippen LogP contribution in [0.15, 0.2) is 0 Å². The zero-order valence-corrected chi connectivity index (χ0v) is 11.8. The fourth-order valence-electron chi connectivity index (χ4n) is 2.22. The third-order valence-electron chi connectivity index (χ3n) is 2.86. The van der Waals surface area contributed by atoms with Gasteiger partial charge in [-0.25, -0.2) is 0 Å². The normalized spacial score (nSPS) is 11.8. The molecule has 0 bridgehead atoms. The molecule has 94 valence electrons. The van der Waals surface area contributed by atoms with Gasteiger partial charge < -0.3 is 9.55 Å². The van der Waals surface area contributed by atoms with Crippen molar-refractivity contribution in [1.82, 2.24) is 19.3 Å². The van der Waals surface area contributed by atoms with E-state index >= 15 is 0 Å². The summed E-state index contributed by atoms with van der Waals surface area (Å²) in [6, 6.07) is 0. The van der Waals surface area contributed by atoms with Gasteiger partial charge in [0.15, 0.2) is 10.4 Å². The van der Waals surface area contributed by atoms with Crippen molar-refractivity contribution in [1.29, 1.82) is 0 Å². The number of fused-ring (bicyclic) bond motifs is 1. The predicted molar refractivity (Wildman–Crippen MR) is 72.7 cm³/mol. The van der Waals surface area contributed by atoms with E-state index in [4.69, 9.17) is 12.2 Å². The van der Waals surface area contributed by atoms with Crippen molar-refractivity contribution < 1.29 is 0 Å². The number of nitrogens with zero attached hydrogens (tertiary/aromatic N) is 3. The summed E-state index contributed by atoms with van der Waals surface area (Å²) in [5.74, 6) is 0.574. The van der Waals surface area contributed by atoms with Crippen molar-refractivity contribution in [2.75, 3.05) is 0 Å². The first-order chi connectivity index (χ1) is 8.04. The lowest BCUT2D eigenvalue weighted by molar-refractivity contribution is 0.519. The third kappa shape index (κ3) is 2.16. The van der Waals surface area contributed by atoms with E-state index in [1.807, 2.05) is 11.7 Å². The minimum atomic E-state index is 0.574. The average molecular weight is 252 g/mol. The van der Waals surface area contributed by atoms with Crippen LogP contribution in [0.25, 0.3) is 11.2 Å². The zero-order valence-electron chi connectivity index (χ0n) is 10.9. The summed E-state index contributed by atoms with van der Waals surface area (Å²) in [5, 5.41) is 4.57. The molecular formula is C12H20N4S.